The minimum absolute atomic E-state index is 0.106. The second kappa shape index (κ2) is 30.3. The van der Waals surface area contributed by atoms with Gasteiger partial charge in [0.25, 0.3) is 0 Å². The Bertz CT molecular complexity index is 677. The van der Waals surface area contributed by atoms with Gasteiger partial charge in [-0.1, -0.05) is 149 Å². The summed E-state index contributed by atoms with van der Waals surface area (Å²) in [4.78, 5) is 12.7. The zero-order valence-electron chi connectivity index (χ0n) is 29.6. The van der Waals surface area contributed by atoms with E-state index in [4.69, 9.17) is 18.9 Å². The fourth-order valence-corrected chi connectivity index (χ4v) is 5.96. The van der Waals surface area contributed by atoms with Gasteiger partial charge in [-0.15, -0.1) is 0 Å². The first-order valence-corrected chi connectivity index (χ1v) is 19.1. The van der Waals surface area contributed by atoms with Crippen LogP contribution in [0.3, 0.4) is 0 Å². The van der Waals surface area contributed by atoms with E-state index < -0.39 is 43.4 Å². The summed E-state index contributed by atoms with van der Waals surface area (Å²) in [5, 5.41) is 39.9. The Balaban J connectivity index is 2.33. The van der Waals surface area contributed by atoms with Gasteiger partial charge in [-0.25, -0.2) is 0 Å². The molecule has 4 N–H and O–H groups in total. The fraction of sp³-hybridized carbons (Fsp3) is 0.973. The van der Waals surface area contributed by atoms with Crippen molar-refractivity contribution in [3.8, 4) is 0 Å². The van der Waals surface area contributed by atoms with Gasteiger partial charge < -0.3 is 39.4 Å². The van der Waals surface area contributed by atoms with Crippen molar-refractivity contribution < 1.29 is 44.2 Å². The van der Waals surface area contributed by atoms with Crippen molar-refractivity contribution in [3.63, 3.8) is 0 Å². The molecule has 46 heavy (non-hydrogen) atoms. The van der Waals surface area contributed by atoms with E-state index in [9.17, 15) is 25.2 Å². The molecule has 0 aromatic carbocycles. The van der Waals surface area contributed by atoms with Crippen molar-refractivity contribution in [2.24, 2.45) is 0 Å². The average Bonchev–Trinajstić information content (AvgIpc) is 3.05. The van der Waals surface area contributed by atoms with E-state index in [1.54, 1.807) is 0 Å². The molecule has 9 nitrogen and oxygen atoms in total. The van der Waals surface area contributed by atoms with Crippen LogP contribution in [-0.2, 0) is 23.7 Å². The predicted molar refractivity (Wildman–Crippen MR) is 183 cm³/mol. The molecule has 0 aliphatic carbocycles. The number of ether oxygens (including phenoxy) is 4. The molecule has 0 aromatic heterocycles. The summed E-state index contributed by atoms with van der Waals surface area (Å²) in [6, 6.07) is 0. The molecular formula is C37H72O9. The van der Waals surface area contributed by atoms with Gasteiger partial charge in [0.05, 0.1) is 19.8 Å². The SMILES string of the molecule is CCCCCCCCCCCCCCC(=O)OC(COCCCCCCCCCCCCC)COC1OC(CO)C(O)C(O)C1O. The van der Waals surface area contributed by atoms with Crippen LogP contribution in [0.4, 0.5) is 0 Å². The third-order valence-electron chi connectivity index (χ3n) is 9.02. The smallest absolute Gasteiger partial charge is 0.306 e. The molecule has 274 valence electrons. The molecule has 6 unspecified atom stereocenters. The summed E-state index contributed by atoms with van der Waals surface area (Å²) in [5.41, 5.74) is 0. The summed E-state index contributed by atoms with van der Waals surface area (Å²) < 4.78 is 22.7. The number of rotatable bonds is 32. The van der Waals surface area contributed by atoms with Gasteiger partial charge in [0, 0.05) is 13.0 Å². The number of aliphatic hydroxyl groups is 4. The predicted octanol–water partition coefficient (Wildman–Crippen LogP) is 7.13. The van der Waals surface area contributed by atoms with E-state index in [2.05, 4.69) is 13.8 Å². The fourth-order valence-electron chi connectivity index (χ4n) is 5.96. The Morgan fingerprint density at radius 3 is 1.54 bits per heavy atom. The Kier molecular flexibility index (Phi) is 28.4. The molecule has 1 rings (SSSR count). The average molecular weight is 661 g/mol. The largest absolute Gasteiger partial charge is 0.457 e. The molecular weight excluding hydrogens is 588 g/mol. The lowest BCUT2D eigenvalue weighted by atomic mass is 9.99. The second-order valence-corrected chi connectivity index (χ2v) is 13.4. The lowest BCUT2D eigenvalue weighted by Gasteiger charge is -2.39. The summed E-state index contributed by atoms with van der Waals surface area (Å²) in [6.07, 6.45) is 21.2. The number of aliphatic hydroxyl groups excluding tert-OH is 4. The van der Waals surface area contributed by atoms with Crippen LogP contribution >= 0.6 is 0 Å². The molecule has 6 atom stereocenters. The normalized spacial score (nSPS) is 22.3. The van der Waals surface area contributed by atoms with Gasteiger partial charge in [0.2, 0.25) is 0 Å². The topological polar surface area (TPSA) is 135 Å². The van der Waals surface area contributed by atoms with Crippen molar-refractivity contribution in [2.75, 3.05) is 26.4 Å². The first kappa shape index (κ1) is 43.2. The number of hydrogen-bond donors (Lipinski definition) is 4. The Morgan fingerprint density at radius 2 is 1.07 bits per heavy atom. The van der Waals surface area contributed by atoms with Crippen molar-refractivity contribution >= 4 is 5.97 Å². The Morgan fingerprint density at radius 1 is 0.609 bits per heavy atom. The lowest BCUT2D eigenvalue weighted by molar-refractivity contribution is -0.305. The van der Waals surface area contributed by atoms with Crippen LogP contribution in [0.15, 0.2) is 0 Å². The monoisotopic (exact) mass is 661 g/mol. The van der Waals surface area contributed by atoms with Gasteiger partial charge in [-0.3, -0.25) is 4.79 Å². The molecule has 0 amide bonds. The maximum absolute atomic E-state index is 12.7. The lowest BCUT2D eigenvalue weighted by Crippen LogP contribution is -2.59. The molecule has 1 heterocycles. The maximum atomic E-state index is 12.7. The van der Waals surface area contributed by atoms with Gasteiger partial charge in [-0.2, -0.15) is 0 Å². The van der Waals surface area contributed by atoms with E-state index >= 15 is 0 Å². The van der Waals surface area contributed by atoms with Crippen molar-refractivity contribution in [1.29, 1.82) is 0 Å². The molecule has 1 fully saturated rings. The highest BCUT2D eigenvalue weighted by atomic mass is 16.7. The number of carbonyl (C=O) groups is 1. The standard InChI is InChI=1S/C37H72O9/c1-3-5-7-9-11-13-15-16-18-20-22-24-26-33(39)45-31(30-44-37-36(42)35(41)34(40)32(28-38)46-37)29-43-27-25-23-21-19-17-14-12-10-8-6-4-2/h31-32,34-38,40-42H,3-30H2,1-2H3. The number of hydrogen-bond acceptors (Lipinski definition) is 9. The van der Waals surface area contributed by atoms with Crippen LogP contribution in [-0.4, -0.2) is 89.6 Å². The van der Waals surface area contributed by atoms with E-state index in [0.717, 1.165) is 32.1 Å². The molecule has 0 spiro atoms. The molecule has 1 aliphatic rings. The first-order chi connectivity index (χ1) is 22.4. The highest BCUT2D eigenvalue weighted by Gasteiger charge is 2.44. The van der Waals surface area contributed by atoms with E-state index in [1.165, 1.54) is 116 Å². The maximum Gasteiger partial charge on any atom is 0.306 e. The van der Waals surface area contributed by atoms with Crippen LogP contribution in [0.5, 0.6) is 0 Å². The first-order valence-electron chi connectivity index (χ1n) is 19.1. The van der Waals surface area contributed by atoms with Gasteiger partial charge >= 0.3 is 5.97 Å². The van der Waals surface area contributed by atoms with Crippen LogP contribution < -0.4 is 0 Å². The third kappa shape index (κ3) is 21.9. The highest BCUT2D eigenvalue weighted by Crippen LogP contribution is 2.22. The van der Waals surface area contributed by atoms with Crippen LogP contribution in [0.25, 0.3) is 0 Å². The highest BCUT2D eigenvalue weighted by molar-refractivity contribution is 5.69. The van der Waals surface area contributed by atoms with Crippen molar-refractivity contribution in [2.45, 2.75) is 205 Å². The van der Waals surface area contributed by atoms with Crippen LogP contribution in [0.2, 0.25) is 0 Å². The summed E-state index contributed by atoms with van der Waals surface area (Å²) in [6.45, 7) is 4.56. The number of carbonyl (C=O) groups excluding carboxylic acids is 1. The van der Waals surface area contributed by atoms with Gasteiger partial charge in [0.15, 0.2) is 6.29 Å². The second-order valence-electron chi connectivity index (χ2n) is 13.4. The van der Waals surface area contributed by atoms with Crippen LogP contribution in [0.1, 0.15) is 168 Å². The van der Waals surface area contributed by atoms with E-state index in [1.807, 2.05) is 0 Å². The molecule has 1 aliphatic heterocycles. The Hall–Kier alpha value is -0.810. The minimum atomic E-state index is -1.53. The summed E-state index contributed by atoms with van der Waals surface area (Å²) >= 11 is 0. The molecule has 1 saturated heterocycles. The zero-order valence-corrected chi connectivity index (χ0v) is 29.6. The Labute approximate surface area is 281 Å². The molecule has 0 radical (unpaired) electrons. The number of esters is 1. The van der Waals surface area contributed by atoms with Gasteiger partial charge in [0.1, 0.15) is 30.5 Å². The number of unbranched alkanes of at least 4 members (excludes halogenated alkanes) is 21. The zero-order chi connectivity index (χ0) is 33.7. The van der Waals surface area contributed by atoms with Crippen molar-refractivity contribution in [1.82, 2.24) is 0 Å². The van der Waals surface area contributed by atoms with E-state index in [0.29, 0.717) is 13.0 Å². The van der Waals surface area contributed by atoms with Crippen LogP contribution in [0, 0.1) is 0 Å². The molecule has 0 aromatic rings. The summed E-state index contributed by atoms with van der Waals surface area (Å²) in [5.74, 6) is -0.312. The molecule has 0 saturated carbocycles. The minimum Gasteiger partial charge on any atom is -0.457 e. The third-order valence-corrected chi connectivity index (χ3v) is 9.02. The quantitative estimate of drug-likeness (QED) is 0.0439. The molecule has 0 bridgehead atoms. The summed E-state index contributed by atoms with van der Waals surface area (Å²) in [7, 11) is 0. The van der Waals surface area contributed by atoms with Crippen molar-refractivity contribution in [3.05, 3.63) is 0 Å². The van der Waals surface area contributed by atoms with Gasteiger partial charge in [-0.05, 0) is 12.8 Å². The van der Waals surface area contributed by atoms with E-state index in [-0.39, 0.29) is 19.2 Å². The molecule has 9 heteroatoms.